The molecule has 0 saturated heterocycles. The van der Waals surface area contributed by atoms with Crippen LogP contribution in [0.15, 0.2) is 28.7 Å². The first-order valence-electron chi connectivity index (χ1n) is 5.72. The first kappa shape index (κ1) is 12.8. The van der Waals surface area contributed by atoms with Gasteiger partial charge in [0.15, 0.2) is 0 Å². The second kappa shape index (κ2) is 4.90. The molecular formula is C14H15F2NO. The predicted octanol–water partition coefficient (Wildman–Crippen LogP) is 3.48. The first-order valence-corrected chi connectivity index (χ1v) is 5.72. The van der Waals surface area contributed by atoms with Crippen LogP contribution in [0.5, 0.6) is 0 Å². The van der Waals surface area contributed by atoms with Crippen LogP contribution in [0.4, 0.5) is 8.78 Å². The zero-order valence-corrected chi connectivity index (χ0v) is 10.6. The van der Waals surface area contributed by atoms with Gasteiger partial charge in [-0.3, -0.25) is 0 Å². The van der Waals surface area contributed by atoms with Crippen molar-refractivity contribution in [1.82, 2.24) is 5.32 Å². The van der Waals surface area contributed by atoms with Crippen molar-refractivity contribution >= 4 is 0 Å². The molecule has 2 rings (SSSR count). The molecule has 0 aliphatic carbocycles. The molecule has 1 N–H and O–H groups in total. The quantitative estimate of drug-likeness (QED) is 0.903. The molecular weight excluding hydrogens is 236 g/mol. The maximum absolute atomic E-state index is 13.8. The Balaban J connectivity index is 2.51. The third kappa shape index (κ3) is 2.29. The number of halogens is 2. The molecule has 1 aromatic carbocycles. The first-order chi connectivity index (χ1) is 8.52. The molecule has 0 fully saturated rings. The summed E-state index contributed by atoms with van der Waals surface area (Å²) in [4.78, 5) is 0. The van der Waals surface area contributed by atoms with Crippen molar-refractivity contribution in [2.75, 3.05) is 7.05 Å². The number of rotatable bonds is 3. The minimum absolute atomic E-state index is 0.279. The van der Waals surface area contributed by atoms with Crippen LogP contribution in [-0.2, 0) is 0 Å². The second-order valence-electron chi connectivity index (χ2n) is 4.26. The zero-order valence-electron chi connectivity index (χ0n) is 10.6. The standard InChI is InChI=1S/C14H15F2NO/c1-8-6-11(9(2)18-8)14(17-3)12-7-10(15)4-5-13(12)16/h4-7,14,17H,1-3H3. The SMILES string of the molecule is CNC(c1cc(F)ccc1F)c1cc(C)oc1C. The Morgan fingerprint density at radius 3 is 2.39 bits per heavy atom. The van der Waals surface area contributed by atoms with Crippen molar-refractivity contribution in [3.05, 3.63) is 58.5 Å². The highest BCUT2D eigenvalue weighted by Gasteiger charge is 2.21. The van der Waals surface area contributed by atoms with E-state index in [0.29, 0.717) is 5.76 Å². The van der Waals surface area contributed by atoms with Gasteiger partial charge in [0.2, 0.25) is 0 Å². The predicted molar refractivity (Wildman–Crippen MR) is 65.4 cm³/mol. The molecule has 18 heavy (non-hydrogen) atoms. The minimum atomic E-state index is -0.454. The maximum Gasteiger partial charge on any atom is 0.128 e. The zero-order chi connectivity index (χ0) is 13.3. The third-order valence-electron chi connectivity index (χ3n) is 2.95. The lowest BCUT2D eigenvalue weighted by atomic mass is 9.98. The smallest absolute Gasteiger partial charge is 0.128 e. The third-order valence-corrected chi connectivity index (χ3v) is 2.95. The molecule has 0 bridgehead atoms. The molecule has 0 spiro atoms. The van der Waals surface area contributed by atoms with Gasteiger partial charge in [-0.15, -0.1) is 0 Å². The summed E-state index contributed by atoms with van der Waals surface area (Å²) >= 11 is 0. The molecule has 1 unspecified atom stereocenters. The topological polar surface area (TPSA) is 25.2 Å². The Morgan fingerprint density at radius 2 is 1.83 bits per heavy atom. The molecule has 0 aliphatic rings. The summed E-state index contributed by atoms with van der Waals surface area (Å²) in [7, 11) is 1.71. The largest absolute Gasteiger partial charge is 0.466 e. The number of nitrogens with one attached hydrogen (secondary N) is 1. The molecule has 1 heterocycles. The van der Waals surface area contributed by atoms with Gasteiger partial charge in [0.25, 0.3) is 0 Å². The van der Waals surface area contributed by atoms with E-state index in [9.17, 15) is 8.78 Å². The van der Waals surface area contributed by atoms with Gasteiger partial charge in [0.05, 0.1) is 6.04 Å². The van der Waals surface area contributed by atoms with Crippen LogP contribution < -0.4 is 5.32 Å². The summed E-state index contributed by atoms with van der Waals surface area (Å²) < 4.78 is 32.5. The number of furan rings is 1. The summed E-state index contributed by atoms with van der Waals surface area (Å²) in [5.74, 6) is 0.564. The van der Waals surface area contributed by atoms with Crippen molar-refractivity contribution in [3.8, 4) is 0 Å². The summed E-state index contributed by atoms with van der Waals surface area (Å²) in [6, 6.07) is 4.87. The average molecular weight is 251 g/mol. The minimum Gasteiger partial charge on any atom is -0.466 e. The molecule has 1 atom stereocenters. The van der Waals surface area contributed by atoms with Crippen LogP contribution in [0.1, 0.15) is 28.7 Å². The fourth-order valence-corrected chi connectivity index (χ4v) is 2.15. The van der Waals surface area contributed by atoms with Crippen molar-refractivity contribution in [2.24, 2.45) is 0 Å². The van der Waals surface area contributed by atoms with Crippen LogP contribution in [-0.4, -0.2) is 7.05 Å². The molecule has 0 aliphatic heterocycles. The van der Waals surface area contributed by atoms with E-state index in [1.165, 1.54) is 6.07 Å². The Hall–Kier alpha value is -1.68. The van der Waals surface area contributed by atoms with Crippen molar-refractivity contribution in [3.63, 3.8) is 0 Å². The Kier molecular flexibility index (Phi) is 3.48. The number of aryl methyl sites for hydroxylation is 2. The normalized spacial score (nSPS) is 12.7. The van der Waals surface area contributed by atoms with Gasteiger partial charge in [0.1, 0.15) is 23.2 Å². The Bertz CT molecular complexity index is 563. The molecule has 2 aromatic rings. The van der Waals surface area contributed by atoms with E-state index in [2.05, 4.69) is 5.32 Å². The highest BCUT2D eigenvalue weighted by molar-refractivity contribution is 5.35. The van der Waals surface area contributed by atoms with Crippen LogP contribution in [0.3, 0.4) is 0 Å². The van der Waals surface area contributed by atoms with E-state index in [-0.39, 0.29) is 5.56 Å². The summed E-state index contributed by atoms with van der Waals surface area (Å²) in [5.41, 5.74) is 1.10. The molecule has 4 heteroatoms. The van der Waals surface area contributed by atoms with Gasteiger partial charge in [-0.25, -0.2) is 8.78 Å². The lowest BCUT2D eigenvalue weighted by Gasteiger charge is -2.16. The van der Waals surface area contributed by atoms with E-state index in [1.54, 1.807) is 7.05 Å². The average Bonchev–Trinajstić information content (AvgIpc) is 2.64. The van der Waals surface area contributed by atoms with Crippen LogP contribution in [0.25, 0.3) is 0 Å². The lowest BCUT2D eigenvalue weighted by molar-refractivity contribution is 0.494. The van der Waals surface area contributed by atoms with E-state index >= 15 is 0 Å². The molecule has 1 aromatic heterocycles. The van der Waals surface area contributed by atoms with E-state index in [0.717, 1.165) is 23.5 Å². The van der Waals surface area contributed by atoms with E-state index < -0.39 is 17.7 Å². The number of hydrogen-bond donors (Lipinski definition) is 1. The lowest BCUT2D eigenvalue weighted by Crippen LogP contribution is -2.19. The molecule has 2 nitrogen and oxygen atoms in total. The van der Waals surface area contributed by atoms with Gasteiger partial charge in [-0.2, -0.15) is 0 Å². The molecule has 0 radical (unpaired) electrons. The monoisotopic (exact) mass is 251 g/mol. The van der Waals surface area contributed by atoms with Crippen LogP contribution >= 0.6 is 0 Å². The second-order valence-corrected chi connectivity index (χ2v) is 4.26. The van der Waals surface area contributed by atoms with Gasteiger partial charge in [-0.05, 0) is 45.2 Å². The Morgan fingerprint density at radius 1 is 1.11 bits per heavy atom. The maximum atomic E-state index is 13.8. The molecule has 96 valence electrons. The van der Waals surface area contributed by atoms with Crippen molar-refractivity contribution in [2.45, 2.75) is 19.9 Å². The fraction of sp³-hybridized carbons (Fsp3) is 0.286. The Labute approximate surface area is 105 Å². The molecule has 0 amide bonds. The van der Waals surface area contributed by atoms with E-state index in [4.69, 9.17) is 4.42 Å². The highest BCUT2D eigenvalue weighted by atomic mass is 19.1. The number of hydrogen-bond acceptors (Lipinski definition) is 2. The van der Waals surface area contributed by atoms with Gasteiger partial charge < -0.3 is 9.73 Å². The van der Waals surface area contributed by atoms with Gasteiger partial charge in [-0.1, -0.05) is 0 Å². The van der Waals surface area contributed by atoms with Crippen molar-refractivity contribution in [1.29, 1.82) is 0 Å². The van der Waals surface area contributed by atoms with E-state index in [1.807, 2.05) is 19.9 Å². The van der Waals surface area contributed by atoms with Crippen LogP contribution in [0.2, 0.25) is 0 Å². The fourth-order valence-electron chi connectivity index (χ4n) is 2.15. The number of benzene rings is 1. The van der Waals surface area contributed by atoms with Gasteiger partial charge in [0, 0.05) is 11.1 Å². The van der Waals surface area contributed by atoms with Gasteiger partial charge >= 0.3 is 0 Å². The summed E-state index contributed by atoms with van der Waals surface area (Å²) in [5, 5.41) is 2.99. The van der Waals surface area contributed by atoms with Crippen LogP contribution in [0, 0.1) is 25.5 Å². The highest BCUT2D eigenvalue weighted by Crippen LogP contribution is 2.29. The van der Waals surface area contributed by atoms with Crippen molar-refractivity contribution < 1.29 is 13.2 Å². The molecule has 0 saturated carbocycles. The summed E-state index contributed by atoms with van der Waals surface area (Å²) in [6.45, 7) is 3.63. The summed E-state index contributed by atoms with van der Waals surface area (Å²) in [6.07, 6.45) is 0.